The molecule has 0 saturated heterocycles. The van der Waals surface area contributed by atoms with E-state index in [2.05, 4.69) is 21.2 Å². The summed E-state index contributed by atoms with van der Waals surface area (Å²) in [7, 11) is 0. The summed E-state index contributed by atoms with van der Waals surface area (Å²) in [4.78, 5) is 20.8. The van der Waals surface area contributed by atoms with Crippen molar-refractivity contribution >= 4 is 22.6 Å². The smallest absolute Gasteiger partial charge is 0.242 e. The second kappa shape index (κ2) is 5.58. The van der Waals surface area contributed by atoms with Crippen LogP contribution < -0.4 is 5.32 Å². The zero-order valence-corrected chi connectivity index (χ0v) is 12.9. The van der Waals surface area contributed by atoms with Crippen molar-refractivity contribution in [2.24, 2.45) is 5.41 Å². The molecule has 0 aliphatic carbocycles. The van der Waals surface area contributed by atoms with E-state index in [1.807, 2.05) is 34.9 Å². The van der Waals surface area contributed by atoms with Gasteiger partial charge in [0.15, 0.2) is 0 Å². The van der Waals surface area contributed by atoms with Gasteiger partial charge in [-0.15, -0.1) is 6.42 Å². The van der Waals surface area contributed by atoms with Crippen molar-refractivity contribution in [2.45, 2.75) is 13.8 Å². The van der Waals surface area contributed by atoms with Crippen LogP contribution in [-0.2, 0) is 4.79 Å². The fraction of sp³-hybridized carbons (Fsp3) is 0.167. The summed E-state index contributed by atoms with van der Waals surface area (Å²) in [6, 6.07) is 11.4. The number of nitrogens with zero attached hydrogens (tertiary/aromatic N) is 3. The van der Waals surface area contributed by atoms with E-state index < -0.39 is 5.41 Å². The van der Waals surface area contributed by atoms with E-state index in [-0.39, 0.29) is 5.91 Å². The molecule has 0 bridgehead atoms. The Morgan fingerprint density at radius 1 is 1.22 bits per heavy atom. The molecule has 2 aromatic heterocycles. The number of rotatable bonds is 3. The van der Waals surface area contributed by atoms with Crippen LogP contribution in [0.1, 0.15) is 13.8 Å². The number of carbonyl (C=O) groups excluding carboxylic acids is 1. The Hall–Kier alpha value is -3.13. The largest absolute Gasteiger partial charge is 0.323 e. The number of imidazole rings is 1. The Morgan fingerprint density at radius 3 is 2.70 bits per heavy atom. The van der Waals surface area contributed by atoms with Crippen molar-refractivity contribution in [3.8, 4) is 18.2 Å². The lowest BCUT2D eigenvalue weighted by Crippen LogP contribution is -2.29. The van der Waals surface area contributed by atoms with Gasteiger partial charge in [-0.25, -0.2) is 9.97 Å². The number of hydrogen-bond donors (Lipinski definition) is 1. The van der Waals surface area contributed by atoms with Crippen LogP contribution in [0.4, 0.5) is 5.69 Å². The predicted octanol–water partition coefficient (Wildman–Crippen LogP) is 3.02. The van der Waals surface area contributed by atoms with Gasteiger partial charge in [0.1, 0.15) is 17.6 Å². The molecule has 5 heteroatoms. The van der Waals surface area contributed by atoms with Crippen molar-refractivity contribution in [1.29, 1.82) is 0 Å². The molecule has 3 rings (SSSR count). The SMILES string of the molecule is C#CC(C)(C)C(=O)Nc1ccc(-n2cnc3ccccc32)nc1. The molecule has 1 amide bonds. The van der Waals surface area contributed by atoms with Gasteiger partial charge in [0.2, 0.25) is 5.91 Å². The van der Waals surface area contributed by atoms with E-state index in [1.54, 1.807) is 32.4 Å². The van der Waals surface area contributed by atoms with Crippen LogP contribution in [0.15, 0.2) is 48.9 Å². The number of benzene rings is 1. The number of anilines is 1. The Bertz CT molecular complexity index is 901. The predicted molar refractivity (Wildman–Crippen MR) is 90.1 cm³/mol. The molecule has 3 aromatic rings. The molecule has 5 nitrogen and oxygen atoms in total. The van der Waals surface area contributed by atoms with Crippen LogP contribution in [0.25, 0.3) is 16.9 Å². The van der Waals surface area contributed by atoms with Crippen molar-refractivity contribution in [2.75, 3.05) is 5.32 Å². The Morgan fingerprint density at radius 2 is 2.00 bits per heavy atom. The standard InChI is InChI=1S/C18H16N4O/c1-4-18(2,3)17(23)21-13-9-10-16(19-11-13)22-12-20-14-7-5-6-8-15(14)22/h1,5-12H,2-3H3,(H,21,23). The monoisotopic (exact) mass is 304 g/mol. The van der Waals surface area contributed by atoms with Gasteiger partial charge in [-0.2, -0.15) is 0 Å². The van der Waals surface area contributed by atoms with Gasteiger partial charge < -0.3 is 5.32 Å². The molecule has 0 aliphatic heterocycles. The number of amides is 1. The average molecular weight is 304 g/mol. The average Bonchev–Trinajstić information content (AvgIpc) is 2.99. The Kier molecular flexibility index (Phi) is 3.59. The van der Waals surface area contributed by atoms with Crippen LogP contribution in [0.5, 0.6) is 0 Å². The highest BCUT2D eigenvalue weighted by atomic mass is 16.2. The zero-order chi connectivity index (χ0) is 16.4. The third-order valence-electron chi connectivity index (χ3n) is 3.63. The third-order valence-corrected chi connectivity index (χ3v) is 3.63. The first kappa shape index (κ1) is 14.8. The van der Waals surface area contributed by atoms with E-state index in [0.29, 0.717) is 5.69 Å². The number of para-hydroxylation sites is 2. The maximum atomic E-state index is 12.1. The van der Waals surface area contributed by atoms with Crippen LogP contribution >= 0.6 is 0 Å². The first-order valence-corrected chi connectivity index (χ1v) is 7.19. The van der Waals surface area contributed by atoms with Crippen molar-refractivity contribution in [3.63, 3.8) is 0 Å². The molecule has 1 N–H and O–H groups in total. The van der Waals surface area contributed by atoms with Crippen LogP contribution in [0.3, 0.4) is 0 Å². The van der Waals surface area contributed by atoms with Gasteiger partial charge in [0, 0.05) is 0 Å². The van der Waals surface area contributed by atoms with Crippen LogP contribution in [0, 0.1) is 17.8 Å². The van der Waals surface area contributed by atoms with Gasteiger partial charge in [0.25, 0.3) is 0 Å². The maximum Gasteiger partial charge on any atom is 0.242 e. The zero-order valence-electron chi connectivity index (χ0n) is 12.9. The van der Waals surface area contributed by atoms with E-state index in [4.69, 9.17) is 6.42 Å². The maximum absolute atomic E-state index is 12.1. The van der Waals surface area contributed by atoms with Crippen molar-refractivity contribution in [1.82, 2.24) is 14.5 Å². The summed E-state index contributed by atoms with van der Waals surface area (Å²) in [6.45, 7) is 3.39. The highest BCUT2D eigenvalue weighted by Crippen LogP contribution is 2.19. The number of hydrogen-bond acceptors (Lipinski definition) is 3. The Balaban J connectivity index is 1.86. The van der Waals surface area contributed by atoms with Crippen molar-refractivity contribution < 1.29 is 4.79 Å². The van der Waals surface area contributed by atoms with Crippen LogP contribution in [-0.4, -0.2) is 20.4 Å². The van der Waals surface area contributed by atoms with Crippen molar-refractivity contribution in [3.05, 3.63) is 48.9 Å². The number of aromatic nitrogens is 3. The molecule has 0 saturated carbocycles. The molecule has 0 fully saturated rings. The molecule has 2 heterocycles. The highest BCUT2D eigenvalue weighted by Gasteiger charge is 2.24. The summed E-state index contributed by atoms with van der Waals surface area (Å²) in [5, 5.41) is 2.77. The molecular formula is C18H16N4O. The van der Waals surface area contributed by atoms with E-state index in [1.165, 1.54) is 0 Å². The van der Waals surface area contributed by atoms with E-state index in [9.17, 15) is 4.79 Å². The normalized spacial score (nSPS) is 11.2. The number of nitrogens with one attached hydrogen (secondary N) is 1. The minimum absolute atomic E-state index is 0.234. The summed E-state index contributed by atoms with van der Waals surface area (Å²) in [5.41, 5.74) is 1.62. The van der Waals surface area contributed by atoms with Gasteiger partial charge in [-0.05, 0) is 38.1 Å². The van der Waals surface area contributed by atoms with Gasteiger partial charge in [0.05, 0.1) is 22.9 Å². The molecule has 0 aliphatic rings. The quantitative estimate of drug-likeness (QED) is 0.757. The first-order valence-electron chi connectivity index (χ1n) is 7.19. The number of pyridine rings is 1. The Labute approximate surface area is 134 Å². The summed E-state index contributed by atoms with van der Waals surface area (Å²) in [6.07, 6.45) is 8.70. The molecule has 0 radical (unpaired) electrons. The molecule has 0 atom stereocenters. The molecule has 0 spiro atoms. The minimum atomic E-state index is -0.862. The lowest BCUT2D eigenvalue weighted by atomic mass is 9.94. The molecular weight excluding hydrogens is 288 g/mol. The van der Waals surface area contributed by atoms with E-state index >= 15 is 0 Å². The second-order valence-corrected chi connectivity index (χ2v) is 5.73. The summed E-state index contributed by atoms with van der Waals surface area (Å²) in [5.74, 6) is 2.97. The van der Waals surface area contributed by atoms with Gasteiger partial charge >= 0.3 is 0 Å². The van der Waals surface area contributed by atoms with E-state index in [0.717, 1.165) is 16.9 Å². The number of terminal acetylenes is 1. The number of fused-ring (bicyclic) bond motifs is 1. The lowest BCUT2D eigenvalue weighted by Gasteiger charge is -2.16. The van der Waals surface area contributed by atoms with Gasteiger partial charge in [-0.1, -0.05) is 18.1 Å². The first-order chi connectivity index (χ1) is 11.0. The minimum Gasteiger partial charge on any atom is -0.323 e. The number of carbonyl (C=O) groups is 1. The highest BCUT2D eigenvalue weighted by molar-refractivity contribution is 5.96. The molecule has 23 heavy (non-hydrogen) atoms. The fourth-order valence-electron chi connectivity index (χ4n) is 2.10. The molecule has 0 unspecified atom stereocenters. The molecule has 1 aromatic carbocycles. The summed E-state index contributed by atoms with van der Waals surface area (Å²) >= 11 is 0. The van der Waals surface area contributed by atoms with Gasteiger partial charge in [-0.3, -0.25) is 9.36 Å². The topological polar surface area (TPSA) is 59.8 Å². The molecule has 114 valence electrons. The lowest BCUT2D eigenvalue weighted by molar-refractivity contribution is -0.121. The summed E-state index contributed by atoms with van der Waals surface area (Å²) < 4.78 is 1.90. The van der Waals surface area contributed by atoms with Crippen LogP contribution in [0.2, 0.25) is 0 Å². The third kappa shape index (κ3) is 2.79. The fourth-order valence-corrected chi connectivity index (χ4v) is 2.10. The second-order valence-electron chi connectivity index (χ2n) is 5.73.